The standard InChI is InChI=1S/C16H22N4OS/c1-13-3-5-14(6-4-13)17-15(20-7-10-21-11-8-20)18-16-19(2)9-12-22-16/h3-6H,7-12H2,1-2H3. The second kappa shape index (κ2) is 7.15. The highest BCUT2D eigenvalue weighted by Gasteiger charge is 2.20. The summed E-state index contributed by atoms with van der Waals surface area (Å²) in [5.41, 5.74) is 2.19. The van der Waals surface area contributed by atoms with Gasteiger partial charge in [-0.25, -0.2) is 4.99 Å². The molecule has 0 bridgehead atoms. The fourth-order valence-electron chi connectivity index (χ4n) is 2.35. The van der Waals surface area contributed by atoms with Crippen LogP contribution in [0.4, 0.5) is 5.69 Å². The summed E-state index contributed by atoms with van der Waals surface area (Å²) < 4.78 is 5.45. The van der Waals surface area contributed by atoms with Gasteiger partial charge in [0.25, 0.3) is 0 Å². The molecular weight excluding hydrogens is 296 g/mol. The number of hydrogen-bond acceptors (Lipinski definition) is 3. The zero-order valence-electron chi connectivity index (χ0n) is 13.2. The summed E-state index contributed by atoms with van der Waals surface area (Å²) in [5.74, 6) is 1.89. The molecule has 0 aromatic heterocycles. The van der Waals surface area contributed by atoms with Crippen LogP contribution in [-0.2, 0) is 4.74 Å². The maximum absolute atomic E-state index is 5.45. The summed E-state index contributed by atoms with van der Waals surface area (Å²) in [7, 11) is 2.08. The molecule has 0 radical (unpaired) electrons. The van der Waals surface area contributed by atoms with E-state index in [4.69, 9.17) is 14.7 Å². The van der Waals surface area contributed by atoms with Gasteiger partial charge in [0.05, 0.1) is 18.9 Å². The van der Waals surface area contributed by atoms with Crippen molar-refractivity contribution < 1.29 is 4.74 Å². The third-order valence-corrected chi connectivity index (χ3v) is 4.78. The highest BCUT2D eigenvalue weighted by atomic mass is 32.2. The number of benzene rings is 1. The number of aliphatic imine (C=N–C) groups is 2. The van der Waals surface area contributed by atoms with Crippen LogP contribution in [0.5, 0.6) is 0 Å². The Hall–Kier alpha value is -1.53. The summed E-state index contributed by atoms with van der Waals surface area (Å²) in [6, 6.07) is 8.25. The Bertz CT molecular complexity index is 564. The number of guanidine groups is 1. The van der Waals surface area contributed by atoms with Gasteiger partial charge in [0.1, 0.15) is 0 Å². The Morgan fingerprint density at radius 2 is 1.86 bits per heavy atom. The van der Waals surface area contributed by atoms with Gasteiger partial charge in [-0.1, -0.05) is 29.5 Å². The first kappa shape index (κ1) is 15.4. The third kappa shape index (κ3) is 3.81. The minimum absolute atomic E-state index is 0.737. The molecule has 0 N–H and O–H groups in total. The molecule has 3 rings (SSSR count). The number of amidine groups is 1. The molecule has 1 aromatic rings. The predicted molar refractivity (Wildman–Crippen MR) is 93.2 cm³/mol. The van der Waals surface area contributed by atoms with E-state index in [2.05, 4.69) is 35.9 Å². The lowest BCUT2D eigenvalue weighted by molar-refractivity contribution is 0.0676. The van der Waals surface area contributed by atoms with Gasteiger partial charge in [0, 0.05) is 32.4 Å². The molecule has 118 valence electrons. The predicted octanol–water partition coefficient (Wildman–Crippen LogP) is 2.35. The summed E-state index contributed by atoms with van der Waals surface area (Å²) in [5, 5.41) is 1.05. The van der Waals surface area contributed by atoms with Gasteiger partial charge in [-0.2, -0.15) is 4.99 Å². The maximum atomic E-state index is 5.45. The molecule has 1 aromatic carbocycles. The van der Waals surface area contributed by atoms with Gasteiger partial charge >= 0.3 is 0 Å². The lowest BCUT2D eigenvalue weighted by Gasteiger charge is -2.28. The van der Waals surface area contributed by atoms with Crippen molar-refractivity contribution in [1.29, 1.82) is 0 Å². The maximum Gasteiger partial charge on any atom is 0.228 e. The molecule has 0 atom stereocenters. The Labute approximate surface area is 136 Å². The fourth-order valence-corrected chi connectivity index (χ4v) is 3.35. The van der Waals surface area contributed by atoms with Gasteiger partial charge in [-0.15, -0.1) is 0 Å². The number of nitrogens with zero attached hydrogens (tertiary/aromatic N) is 4. The van der Waals surface area contributed by atoms with E-state index in [0.717, 1.165) is 55.4 Å². The summed E-state index contributed by atoms with van der Waals surface area (Å²) in [6.07, 6.45) is 0. The van der Waals surface area contributed by atoms with Crippen LogP contribution in [0.25, 0.3) is 0 Å². The smallest absolute Gasteiger partial charge is 0.228 e. The molecule has 0 unspecified atom stereocenters. The Morgan fingerprint density at radius 3 is 2.50 bits per heavy atom. The molecule has 22 heavy (non-hydrogen) atoms. The average Bonchev–Trinajstić information content (AvgIpc) is 2.95. The van der Waals surface area contributed by atoms with Gasteiger partial charge in [0.15, 0.2) is 5.17 Å². The van der Waals surface area contributed by atoms with Crippen molar-refractivity contribution in [2.45, 2.75) is 6.92 Å². The topological polar surface area (TPSA) is 40.4 Å². The van der Waals surface area contributed by atoms with Crippen molar-refractivity contribution in [1.82, 2.24) is 9.80 Å². The first-order chi connectivity index (χ1) is 10.7. The number of thioether (sulfide) groups is 1. The Balaban J connectivity index is 1.89. The Morgan fingerprint density at radius 1 is 1.14 bits per heavy atom. The fraction of sp³-hybridized carbons (Fsp3) is 0.500. The number of rotatable bonds is 1. The molecule has 2 aliphatic heterocycles. The number of ether oxygens (including phenoxy) is 1. The molecule has 0 spiro atoms. The van der Waals surface area contributed by atoms with Crippen molar-refractivity contribution in [2.75, 3.05) is 45.6 Å². The molecule has 2 saturated heterocycles. The lowest BCUT2D eigenvalue weighted by atomic mass is 10.2. The van der Waals surface area contributed by atoms with Gasteiger partial charge in [-0.05, 0) is 19.1 Å². The van der Waals surface area contributed by atoms with E-state index >= 15 is 0 Å². The molecule has 5 nitrogen and oxygen atoms in total. The van der Waals surface area contributed by atoms with E-state index in [1.54, 1.807) is 11.8 Å². The third-order valence-electron chi connectivity index (χ3n) is 3.74. The van der Waals surface area contributed by atoms with Crippen molar-refractivity contribution in [3.8, 4) is 0 Å². The molecule has 2 fully saturated rings. The number of morpholine rings is 1. The van der Waals surface area contributed by atoms with Crippen LogP contribution < -0.4 is 0 Å². The molecule has 2 aliphatic rings. The first-order valence-corrected chi connectivity index (χ1v) is 8.61. The van der Waals surface area contributed by atoms with Gasteiger partial charge in [-0.3, -0.25) is 0 Å². The lowest BCUT2D eigenvalue weighted by Crippen LogP contribution is -2.40. The van der Waals surface area contributed by atoms with Crippen LogP contribution in [0.15, 0.2) is 34.3 Å². The monoisotopic (exact) mass is 318 g/mol. The van der Waals surface area contributed by atoms with E-state index in [-0.39, 0.29) is 0 Å². The molecular formula is C16H22N4OS. The van der Waals surface area contributed by atoms with Crippen LogP contribution in [0, 0.1) is 6.92 Å². The SMILES string of the molecule is Cc1ccc(N=C(N=C2SCCN2C)N2CCOCC2)cc1. The van der Waals surface area contributed by atoms with Crippen LogP contribution in [0.1, 0.15) is 5.56 Å². The van der Waals surface area contributed by atoms with Gasteiger partial charge in [0.2, 0.25) is 5.96 Å². The van der Waals surface area contributed by atoms with Crippen molar-refractivity contribution in [3.05, 3.63) is 29.8 Å². The molecule has 0 amide bonds. The van der Waals surface area contributed by atoms with Gasteiger partial charge < -0.3 is 14.5 Å². The first-order valence-electron chi connectivity index (χ1n) is 7.63. The molecule has 0 saturated carbocycles. The number of aryl methyl sites for hydroxylation is 1. The highest BCUT2D eigenvalue weighted by Crippen LogP contribution is 2.19. The van der Waals surface area contributed by atoms with Crippen LogP contribution in [-0.4, -0.2) is 66.6 Å². The van der Waals surface area contributed by atoms with E-state index in [1.807, 2.05) is 12.1 Å². The second-order valence-electron chi connectivity index (χ2n) is 5.51. The zero-order chi connectivity index (χ0) is 15.4. The van der Waals surface area contributed by atoms with Crippen molar-refractivity contribution in [3.63, 3.8) is 0 Å². The highest BCUT2D eigenvalue weighted by molar-refractivity contribution is 8.14. The molecule has 2 heterocycles. The summed E-state index contributed by atoms with van der Waals surface area (Å²) >= 11 is 1.79. The van der Waals surface area contributed by atoms with E-state index in [1.165, 1.54) is 5.56 Å². The van der Waals surface area contributed by atoms with E-state index < -0.39 is 0 Å². The quantitative estimate of drug-likeness (QED) is 0.589. The zero-order valence-corrected chi connectivity index (χ0v) is 14.0. The molecule has 0 aliphatic carbocycles. The van der Waals surface area contributed by atoms with Crippen LogP contribution in [0.3, 0.4) is 0 Å². The molecule has 6 heteroatoms. The van der Waals surface area contributed by atoms with Crippen molar-refractivity contribution >= 4 is 28.6 Å². The summed E-state index contributed by atoms with van der Waals surface area (Å²) in [6.45, 7) is 6.29. The number of hydrogen-bond donors (Lipinski definition) is 0. The van der Waals surface area contributed by atoms with Crippen LogP contribution >= 0.6 is 11.8 Å². The minimum Gasteiger partial charge on any atom is -0.378 e. The largest absolute Gasteiger partial charge is 0.378 e. The summed E-state index contributed by atoms with van der Waals surface area (Å²) in [4.78, 5) is 14.0. The van der Waals surface area contributed by atoms with E-state index in [9.17, 15) is 0 Å². The van der Waals surface area contributed by atoms with Crippen molar-refractivity contribution in [2.24, 2.45) is 9.98 Å². The van der Waals surface area contributed by atoms with E-state index in [0.29, 0.717) is 0 Å². The minimum atomic E-state index is 0.737. The second-order valence-corrected chi connectivity index (χ2v) is 6.57. The Kier molecular flexibility index (Phi) is 5.00. The van der Waals surface area contributed by atoms with Crippen LogP contribution in [0.2, 0.25) is 0 Å². The average molecular weight is 318 g/mol. The normalized spacial score (nSPS) is 21.7.